The van der Waals surface area contributed by atoms with E-state index in [1.54, 1.807) is 13.2 Å². The number of hydrogen-bond donors (Lipinski definition) is 2. The highest BCUT2D eigenvalue weighted by atomic mass is 127. The van der Waals surface area contributed by atoms with Gasteiger partial charge in [-0.3, -0.25) is 4.99 Å². The zero-order valence-corrected chi connectivity index (χ0v) is 18.3. The fourth-order valence-corrected chi connectivity index (χ4v) is 2.87. The summed E-state index contributed by atoms with van der Waals surface area (Å²) in [7, 11) is 1.76. The van der Waals surface area contributed by atoms with Gasteiger partial charge in [0.15, 0.2) is 5.96 Å². The summed E-state index contributed by atoms with van der Waals surface area (Å²) >= 11 is 6.08. The van der Waals surface area contributed by atoms with Crippen molar-refractivity contribution in [2.75, 3.05) is 7.05 Å². The van der Waals surface area contributed by atoms with Gasteiger partial charge in [-0.2, -0.15) is 5.10 Å². The number of nitrogens with one attached hydrogen (secondary N) is 2. The molecule has 0 spiro atoms. The molecule has 5 nitrogen and oxygen atoms in total. The second-order valence-electron chi connectivity index (χ2n) is 5.97. The van der Waals surface area contributed by atoms with Gasteiger partial charge < -0.3 is 10.6 Å². The van der Waals surface area contributed by atoms with E-state index in [9.17, 15) is 0 Å². The number of hydrogen-bond acceptors (Lipinski definition) is 2. The van der Waals surface area contributed by atoms with Gasteiger partial charge in [-0.15, -0.1) is 24.0 Å². The number of rotatable bonds is 5. The Balaban J connectivity index is 0.00000261. The highest BCUT2D eigenvalue weighted by molar-refractivity contribution is 14.0. The lowest BCUT2D eigenvalue weighted by atomic mass is 10.1. The van der Waals surface area contributed by atoms with Crippen LogP contribution in [0.15, 0.2) is 72.0 Å². The predicted octanol–water partition coefficient (Wildman–Crippen LogP) is 4.57. The average molecular weight is 496 g/mol. The minimum atomic E-state index is 0. The minimum absolute atomic E-state index is 0. The molecule has 0 aliphatic carbocycles. The van der Waals surface area contributed by atoms with E-state index in [1.807, 2.05) is 53.3 Å². The van der Waals surface area contributed by atoms with Gasteiger partial charge in [0.1, 0.15) is 0 Å². The first-order chi connectivity index (χ1) is 12.7. The Bertz CT molecular complexity index is 880. The van der Waals surface area contributed by atoms with Crippen LogP contribution in [0.5, 0.6) is 0 Å². The molecule has 7 heteroatoms. The highest BCUT2D eigenvalue weighted by Gasteiger charge is 2.08. The number of benzene rings is 2. The van der Waals surface area contributed by atoms with E-state index in [1.165, 1.54) is 0 Å². The van der Waals surface area contributed by atoms with Crippen molar-refractivity contribution in [3.63, 3.8) is 0 Å². The average Bonchev–Trinajstić information content (AvgIpc) is 3.20. The third kappa shape index (κ3) is 5.97. The normalized spacial score (nSPS) is 12.2. The summed E-state index contributed by atoms with van der Waals surface area (Å²) in [4.78, 5) is 4.31. The summed E-state index contributed by atoms with van der Waals surface area (Å²) in [6.45, 7) is 2.74. The molecule has 2 N–H and O–H groups in total. The third-order valence-corrected chi connectivity index (χ3v) is 4.30. The van der Waals surface area contributed by atoms with Crippen LogP contribution in [0.1, 0.15) is 24.1 Å². The van der Waals surface area contributed by atoms with Crippen LogP contribution in [0.2, 0.25) is 5.02 Å². The topological polar surface area (TPSA) is 54.2 Å². The first-order valence-electron chi connectivity index (χ1n) is 8.47. The first kappa shape index (κ1) is 21.2. The molecule has 0 saturated carbocycles. The van der Waals surface area contributed by atoms with Crippen molar-refractivity contribution in [2.24, 2.45) is 4.99 Å². The fourth-order valence-electron chi connectivity index (χ4n) is 2.68. The molecule has 1 atom stereocenters. The van der Waals surface area contributed by atoms with Crippen LogP contribution in [0.3, 0.4) is 0 Å². The zero-order chi connectivity index (χ0) is 18.4. The molecule has 0 aliphatic rings. The minimum Gasteiger partial charge on any atom is -0.352 e. The molecule has 0 saturated heterocycles. The summed E-state index contributed by atoms with van der Waals surface area (Å²) < 4.78 is 1.85. The van der Waals surface area contributed by atoms with Crippen molar-refractivity contribution >= 4 is 41.5 Å². The largest absolute Gasteiger partial charge is 0.352 e. The van der Waals surface area contributed by atoms with Crippen molar-refractivity contribution in [3.05, 3.63) is 83.1 Å². The van der Waals surface area contributed by atoms with Crippen LogP contribution in [-0.4, -0.2) is 22.8 Å². The third-order valence-electron chi connectivity index (χ3n) is 4.06. The monoisotopic (exact) mass is 495 g/mol. The van der Waals surface area contributed by atoms with Crippen LogP contribution in [0.4, 0.5) is 0 Å². The van der Waals surface area contributed by atoms with Gasteiger partial charge in [-0.1, -0.05) is 35.9 Å². The Morgan fingerprint density at radius 2 is 2.00 bits per heavy atom. The maximum atomic E-state index is 6.08. The summed E-state index contributed by atoms with van der Waals surface area (Å²) in [5, 5.41) is 11.7. The number of aromatic nitrogens is 2. The number of aliphatic imine (C=N–C) groups is 1. The van der Waals surface area contributed by atoms with Gasteiger partial charge in [0, 0.05) is 31.0 Å². The van der Waals surface area contributed by atoms with Crippen molar-refractivity contribution in [2.45, 2.75) is 19.5 Å². The summed E-state index contributed by atoms with van der Waals surface area (Å²) in [5.74, 6) is 0.738. The number of halogens is 2. The Hall–Kier alpha value is -2.06. The van der Waals surface area contributed by atoms with Gasteiger partial charge in [0.25, 0.3) is 0 Å². The molecule has 142 valence electrons. The molecule has 1 heterocycles. The van der Waals surface area contributed by atoms with Crippen LogP contribution in [0, 0.1) is 0 Å². The molecule has 1 unspecified atom stereocenters. The molecule has 3 rings (SSSR count). The quantitative estimate of drug-likeness (QED) is 0.310. The molecular weight excluding hydrogens is 473 g/mol. The lowest BCUT2D eigenvalue weighted by Crippen LogP contribution is -2.38. The van der Waals surface area contributed by atoms with Crippen LogP contribution in [0.25, 0.3) is 5.69 Å². The molecule has 27 heavy (non-hydrogen) atoms. The van der Waals surface area contributed by atoms with E-state index in [4.69, 9.17) is 11.6 Å². The molecule has 0 radical (unpaired) electrons. The molecular formula is C20H23ClIN5. The smallest absolute Gasteiger partial charge is 0.191 e. The van der Waals surface area contributed by atoms with Crippen LogP contribution in [-0.2, 0) is 6.54 Å². The molecule has 0 amide bonds. The molecule has 0 aliphatic heterocycles. The predicted molar refractivity (Wildman–Crippen MR) is 122 cm³/mol. The van der Waals surface area contributed by atoms with Gasteiger partial charge in [0.2, 0.25) is 0 Å². The Labute approximate surface area is 181 Å². The van der Waals surface area contributed by atoms with Crippen LogP contribution < -0.4 is 10.6 Å². The van der Waals surface area contributed by atoms with Gasteiger partial charge in [-0.25, -0.2) is 4.68 Å². The lowest BCUT2D eigenvalue weighted by molar-refractivity contribution is 0.685. The van der Waals surface area contributed by atoms with E-state index in [-0.39, 0.29) is 30.0 Å². The van der Waals surface area contributed by atoms with E-state index in [2.05, 4.69) is 39.8 Å². The highest BCUT2D eigenvalue weighted by Crippen LogP contribution is 2.17. The summed E-state index contributed by atoms with van der Waals surface area (Å²) in [6.07, 6.45) is 3.70. The molecule has 2 aromatic carbocycles. The zero-order valence-electron chi connectivity index (χ0n) is 15.3. The second-order valence-corrected chi connectivity index (χ2v) is 6.40. The van der Waals surface area contributed by atoms with Gasteiger partial charge >= 0.3 is 0 Å². The summed E-state index contributed by atoms with van der Waals surface area (Å²) in [5.41, 5.74) is 3.29. The molecule has 0 bridgehead atoms. The van der Waals surface area contributed by atoms with Gasteiger partial charge in [0.05, 0.1) is 11.7 Å². The van der Waals surface area contributed by atoms with Crippen molar-refractivity contribution < 1.29 is 0 Å². The van der Waals surface area contributed by atoms with Gasteiger partial charge in [-0.05, 0) is 48.4 Å². The number of nitrogens with zero attached hydrogens (tertiary/aromatic N) is 3. The molecule has 3 aromatic rings. The van der Waals surface area contributed by atoms with E-state index in [0.29, 0.717) is 6.54 Å². The van der Waals surface area contributed by atoms with Crippen molar-refractivity contribution in [1.29, 1.82) is 0 Å². The van der Waals surface area contributed by atoms with E-state index < -0.39 is 0 Å². The SMILES string of the molecule is CN=C(NCc1cccc(-n2cccn2)c1)NC(C)c1cccc(Cl)c1.I. The van der Waals surface area contributed by atoms with Crippen molar-refractivity contribution in [1.82, 2.24) is 20.4 Å². The lowest BCUT2D eigenvalue weighted by Gasteiger charge is -2.18. The van der Waals surface area contributed by atoms with Crippen molar-refractivity contribution in [3.8, 4) is 5.69 Å². The molecule has 1 aromatic heterocycles. The maximum absolute atomic E-state index is 6.08. The second kappa shape index (κ2) is 10.3. The Morgan fingerprint density at radius 3 is 2.70 bits per heavy atom. The standard InChI is InChI=1S/C20H22ClN5.HI/c1-15(17-7-4-8-18(21)13-17)25-20(22-2)23-14-16-6-3-9-19(12-16)26-11-5-10-24-26;/h3-13,15H,14H2,1-2H3,(H2,22,23,25);1H. The van der Waals surface area contributed by atoms with E-state index >= 15 is 0 Å². The number of guanidine groups is 1. The summed E-state index contributed by atoms with van der Waals surface area (Å²) in [6, 6.07) is 18.1. The maximum Gasteiger partial charge on any atom is 0.191 e. The molecule has 0 fully saturated rings. The van der Waals surface area contributed by atoms with E-state index in [0.717, 1.165) is 27.8 Å². The Morgan fingerprint density at radius 1 is 1.19 bits per heavy atom. The first-order valence-corrected chi connectivity index (χ1v) is 8.85. The van der Waals surface area contributed by atoms with Crippen LogP contribution >= 0.6 is 35.6 Å². The fraction of sp³-hybridized carbons (Fsp3) is 0.200. The Kier molecular flexibility index (Phi) is 8.12.